The predicted molar refractivity (Wildman–Crippen MR) is 164 cm³/mol. The topological polar surface area (TPSA) is 90.5 Å². The van der Waals surface area contributed by atoms with Crippen LogP contribution in [0.4, 0.5) is 0 Å². The maximum Gasteiger partial charge on any atom is 0.282 e. The van der Waals surface area contributed by atoms with Gasteiger partial charge in [0.15, 0.2) is 5.82 Å². The van der Waals surface area contributed by atoms with Crippen molar-refractivity contribution in [3.63, 3.8) is 0 Å². The highest BCUT2D eigenvalue weighted by Gasteiger charge is 2.19. The van der Waals surface area contributed by atoms with Gasteiger partial charge in [-0.05, 0) is 80.3 Å². The maximum absolute atomic E-state index is 13.8. The summed E-state index contributed by atoms with van der Waals surface area (Å²) in [6, 6.07) is 22.2. The number of fused-ring (bicyclic) bond motifs is 1. The maximum atomic E-state index is 13.8. The van der Waals surface area contributed by atoms with Gasteiger partial charge in [0.1, 0.15) is 5.75 Å². The van der Waals surface area contributed by atoms with Gasteiger partial charge in [-0.3, -0.25) is 19.7 Å². The summed E-state index contributed by atoms with van der Waals surface area (Å²) < 4.78 is 8.72. The fourth-order valence-corrected chi connectivity index (χ4v) is 4.94. The number of nitrogens with zero attached hydrogens (tertiary/aromatic N) is 4. The standard InChI is InChI=1S/C33H33N5O3/c1-20(2)27-18-28(21(3)16-30(27)41-6)31-35-29-15-11-10-14-26(29)33(40)38(31)34-19-25-17-22(4)37(23(25)5)36-32(39)24-12-8-7-9-13-24/h7-20H,1-6H3,(H,36,39). The molecule has 0 radical (unpaired) electrons. The molecule has 0 saturated heterocycles. The lowest BCUT2D eigenvalue weighted by Crippen LogP contribution is -2.24. The summed E-state index contributed by atoms with van der Waals surface area (Å²) in [5.41, 5.74) is 8.93. The molecular weight excluding hydrogens is 514 g/mol. The largest absolute Gasteiger partial charge is 0.496 e. The Labute approximate surface area is 238 Å². The average molecular weight is 548 g/mol. The molecule has 41 heavy (non-hydrogen) atoms. The SMILES string of the molecule is COc1cc(C)c(-c2nc3ccccc3c(=O)n2N=Cc2cc(C)n(NC(=O)c3ccccc3)c2C)cc1C(C)C. The first-order chi connectivity index (χ1) is 19.7. The van der Waals surface area contributed by atoms with Crippen molar-refractivity contribution in [1.29, 1.82) is 0 Å². The number of benzene rings is 3. The van der Waals surface area contributed by atoms with E-state index >= 15 is 0 Å². The van der Waals surface area contributed by atoms with Crippen molar-refractivity contribution < 1.29 is 9.53 Å². The lowest BCUT2D eigenvalue weighted by molar-refractivity contribution is 0.101. The van der Waals surface area contributed by atoms with Crippen molar-refractivity contribution in [2.24, 2.45) is 5.10 Å². The molecule has 0 spiro atoms. The van der Waals surface area contributed by atoms with Crippen LogP contribution in [0.5, 0.6) is 5.75 Å². The summed E-state index contributed by atoms with van der Waals surface area (Å²) in [6.07, 6.45) is 1.64. The number of hydrogen-bond acceptors (Lipinski definition) is 5. The third kappa shape index (κ3) is 5.28. The van der Waals surface area contributed by atoms with Crippen LogP contribution in [0.25, 0.3) is 22.3 Å². The number of ether oxygens (including phenoxy) is 1. The summed E-state index contributed by atoms with van der Waals surface area (Å²) in [5.74, 6) is 1.22. The van der Waals surface area contributed by atoms with Crippen LogP contribution in [0.3, 0.4) is 0 Å². The van der Waals surface area contributed by atoms with Crippen LogP contribution < -0.4 is 15.7 Å². The number of carbonyl (C=O) groups is 1. The molecule has 0 fully saturated rings. The lowest BCUT2D eigenvalue weighted by atomic mass is 9.96. The number of nitrogens with one attached hydrogen (secondary N) is 1. The fraction of sp³-hybridized carbons (Fsp3) is 0.212. The fourth-order valence-electron chi connectivity index (χ4n) is 4.94. The van der Waals surface area contributed by atoms with Gasteiger partial charge in [0, 0.05) is 28.1 Å². The first-order valence-corrected chi connectivity index (χ1v) is 13.5. The molecule has 5 rings (SSSR count). The van der Waals surface area contributed by atoms with E-state index in [1.54, 1.807) is 36.2 Å². The highest BCUT2D eigenvalue weighted by molar-refractivity contribution is 6.00. The van der Waals surface area contributed by atoms with Crippen molar-refractivity contribution in [3.8, 4) is 17.1 Å². The van der Waals surface area contributed by atoms with Crippen molar-refractivity contribution in [1.82, 2.24) is 14.3 Å². The van der Waals surface area contributed by atoms with E-state index in [9.17, 15) is 9.59 Å². The number of hydrogen-bond donors (Lipinski definition) is 1. The first-order valence-electron chi connectivity index (χ1n) is 13.5. The number of methoxy groups -OCH3 is 1. The van der Waals surface area contributed by atoms with E-state index in [1.807, 2.05) is 75.4 Å². The molecule has 0 atom stereocenters. The summed E-state index contributed by atoms with van der Waals surface area (Å²) >= 11 is 0. The van der Waals surface area contributed by atoms with Gasteiger partial charge in [-0.1, -0.05) is 44.2 Å². The van der Waals surface area contributed by atoms with Crippen LogP contribution in [0.2, 0.25) is 0 Å². The molecule has 2 aromatic heterocycles. The van der Waals surface area contributed by atoms with Crippen LogP contribution in [0.1, 0.15) is 58.2 Å². The molecule has 2 heterocycles. The van der Waals surface area contributed by atoms with Crippen molar-refractivity contribution in [2.75, 3.05) is 12.5 Å². The van der Waals surface area contributed by atoms with Crippen LogP contribution in [0.15, 0.2) is 82.7 Å². The van der Waals surface area contributed by atoms with E-state index in [0.29, 0.717) is 22.3 Å². The minimum atomic E-state index is -0.269. The Hall–Kier alpha value is -4.98. The van der Waals surface area contributed by atoms with Gasteiger partial charge in [-0.15, -0.1) is 0 Å². The summed E-state index contributed by atoms with van der Waals surface area (Å²) in [5, 5.41) is 5.15. The third-order valence-electron chi connectivity index (χ3n) is 7.23. The van der Waals surface area contributed by atoms with Gasteiger partial charge < -0.3 is 4.74 Å². The van der Waals surface area contributed by atoms with Crippen LogP contribution in [0, 0.1) is 20.8 Å². The molecule has 5 aromatic rings. The van der Waals surface area contributed by atoms with E-state index in [-0.39, 0.29) is 17.4 Å². The number of rotatable bonds is 7. The molecule has 0 saturated carbocycles. The van der Waals surface area contributed by atoms with Crippen molar-refractivity contribution in [3.05, 3.63) is 117 Å². The second kappa shape index (κ2) is 11.3. The molecular formula is C33H33N5O3. The van der Waals surface area contributed by atoms with E-state index in [2.05, 4.69) is 24.4 Å². The molecule has 0 aliphatic heterocycles. The van der Waals surface area contributed by atoms with E-state index < -0.39 is 0 Å². The van der Waals surface area contributed by atoms with Crippen molar-refractivity contribution >= 4 is 23.0 Å². The van der Waals surface area contributed by atoms with E-state index in [1.165, 1.54) is 4.68 Å². The van der Waals surface area contributed by atoms with E-state index in [4.69, 9.17) is 9.72 Å². The number of aryl methyl sites for hydroxylation is 2. The number of aromatic nitrogens is 3. The van der Waals surface area contributed by atoms with Gasteiger partial charge in [-0.25, -0.2) is 4.98 Å². The smallest absolute Gasteiger partial charge is 0.282 e. The molecule has 1 N–H and O–H groups in total. The quantitative estimate of drug-likeness (QED) is 0.246. The highest BCUT2D eigenvalue weighted by atomic mass is 16.5. The Balaban J connectivity index is 1.62. The van der Waals surface area contributed by atoms with Crippen LogP contribution in [-0.2, 0) is 0 Å². The molecule has 0 bridgehead atoms. The third-order valence-corrected chi connectivity index (χ3v) is 7.23. The predicted octanol–water partition coefficient (Wildman–Crippen LogP) is 6.19. The monoisotopic (exact) mass is 547 g/mol. The van der Waals surface area contributed by atoms with Gasteiger partial charge in [-0.2, -0.15) is 9.78 Å². The zero-order valence-electron chi connectivity index (χ0n) is 24.1. The summed E-state index contributed by atoms with van der Waals surface area (Å²) in [6.45, 7) is 9.97. The molecule has 8 heteroatoms. The number of para-hydroxylation sites is 1. The highest BCUT2D eigenvalue weighted by Crippen LogP contribution is 2.34. The molecule has 208 valence electrons. The van der Waals surface area contributed by atoms with Gasteiger partial charge in [0.25, 0.3) is 11.5 Å². The second-order valence-corrected chi connectivity index (χ2v) is 10.3. The Morgan fingerprint density at radius 2 is 1.71 bits per heavy atom. The molecule has 0 unspecified atom stereocenters. The van der Waals surface area contributed by atoms with Crippen LogP contribution in [-0.4, -0.2) is 33.6 Å². The first kappa shape index (κ1) is 27.6. The Kier molecular flexibility index (Phi) is 7.57. The van der Waals surface area contributed by atoms with Crippen molar-refractivity contribution in [2.45, 2.75) is 40.5 Å². The van der Waals surface area contributed by atoms with Crippen LogP contribution >= 0.6 is 0 Å². The Morgan fingerprint density at radius 3 is 2.41 bits per heavy atom. The summed E-state index contributed by atoms with van der Waals surface area (Å²) in [7, 11) is 1.66. The summed E-state index contributed by atoms with van der Waals surface area (Å²) in [4.78, 5) is 31.5. The molecule has 0 aliphatic carbocycles. The number of carbonyl (C=O) groups excluding carboxylic acids is 1. The minimum absolute atomic E-state index is 0.199. The average Bonchev–Trinajstić information content (AvgIpc) is 3.24. The van der Waals surface area contributed by atoms with Gasteiger partial charge in [0.05, 0.1) is 24.2 Å². The molecule has 3 aromatic carbocycles. The normalized spacial score (nSPS) is 11.5. The molecule has 8 nitrogen and oxygen atoms in total. The lowest BCUT2D eigenvalue weighted by Gasteiger charge is -2.17. The van der Waals surface area contributed by atoms with Gasteiger partial charge in [0.2, 0.25) is 0 Å². The van der Waals surface area contributed by atoms with Gasteiger partial charge >= 0.3 is 0 Å². The zero-order valence-corrected chi connectivity index (χ0v) is 24.1. The Morgan fingerprint density at radius 1 is 1.00 bits per heavy atom. The molecule has 0 aliphatic rings. The number of amides is 1. The Bertz CT molecular complexity index is 1850. The minimum Gasteiger partial charge on any atom is -0.496 e. The molecule has 1 amide bonds. The zero-order chi connectivity index (χ0) is 29.3. The van der Waals surface area contributed by atoms with E-state index in [0.717, 1.165) is 39.4 Å². The second-order valence-electron chi connectivity index (χ2n) is 10.3.